The van der Waals surface area contributed by atoms with Gasteiger partial charge in [-0.1, -0.05) is 19.0 Å². The molecule has 0 radical (unpaired) electrons. The molecule has 0 aliphatic carbocycles. The summed E-state index contributed by atoms with van der Waals surface area (Å²) in [6.07, 6.45) is 0. The van der Waals surface area contributed by atoms with Crippen molar-refractivity contribution < 1.29 is 9.63 Å². The summed E-state index contributed by atoms with van der Waals surface area (Å²) in [5, 5.41) is 2.99. The van der Waals surface area contributed by atoms with Gasteiger partial charge in [-0.2, -0.15) is 0 Å². The Morgan fingerprint density at radius 3 is 2.00 bits per heavy atom. The largest absolute Gasteiger partial charge is 0.354 e. The minimum Gasteiger partial charge on any atom is -0.354 e. The first-order valence-electron chi connectivity index (χ1n) is 3.01. The van der Waals surface area contributed by atoms with E-state index < -0.39 is 0 Å². The summed E-state index contributed by atoms with van der Waals surface area (Å²) in [4.78, 5) is 14.5. The third-order valence-electron chi connectivity index (χ3n) is 0.567. The van der Waals surface area contributed by atoms with Crippen LogP contribution in [0.4, 0.5) is 0 Å². The number of oxime groups is 1. The monoisotopic (exact) mass is 143 g/mol. The molecule has 0 spiro atoms. The van der Waals surface area contributed by atoms with Crippen molar-refractivity contribution in [2.45, 2.75) is 20.8 Å². The van der Waals surface area contributed by atoms with Crippen LogP contribution in [0.5, 0.6) is 0 Å². The molecule has 58 valence electrons. The van der Waals surface area contributed by atoms with E-state index in [1.54, 1.807) is 0 Å². The van der Waals surface area contributed by atoms with E-state index in [4.69, 9.17) is 0 Å². The van der Waals surface area contributed by atoms with Crippen molar-refractivity contribution in [1.82, 2.24) is 0 Å². The van der Waals surface area contributed by atoms with Crippen molar-refractivity contribution in [3.05, 3.63) is 12.3 Å². The van der Waals surface area contributed by atoms with Gasteiger partial charge in [0.2, 0.25) is 0 Å². The highest BCUT2D eigenvalue weighted by Gasteiger charge is 1.97. The molecule has 0 amide bonds. The van der Waals surface area contributed by atoms with Crippen molar-refractivity contribution in [2.75, 3.05) is 0 Å². The molecule has 0 aromatic heterocycles. The smallest absolute Gasteiger partial charge is 0.197 e. The minimum atomic E-state index is -0.239. The maximum absolute atomic E-state index is 10.2. The maximum Gasteiger partial charge on any atom is 0.197 e. The molecule has 0 fully saturated rings. The lowest BCUT2D eigenvalue weighted by Gasteiger charge is -1.92. The molecule has 0 aliphatic rings. The lowest BCUT2D eigenvalue weighted by Crippen LogP contribution is -1.94. The zero-order valence-electron chi connectivity index (χ0n) is 6.68. The molecule has 10 heavy (non-hydrogen) atoms. The summed E-state index contributed by atoms with van der Waals surface area (Å²) in [6.45, 7) is 11.6. The molecular weight excluding hydrogens is 130 g/mol. The first-order valence-corrected chi connectivity index (χ1v) is 3.01. The van der Waals surface area contributed by atoms with Gasteiger partial charge in [0, 0.05) is 13.6 Å². The van der Waals surface area contributed by atoms with Crippen molar-refractivity contribution >= 4 is 12.5 Å². The summed E-state index contributed by atoms with van der Waals surface area (Å²) in [5.74, 6) is -0.225. The van der Waals surface area contributed by atoms with E-state index >= 15 is 0 Å². The molecular formula is C7H13NO2. The summed E-state index contributed by atoms with van der Waals surface area (Å²) >= 11 is 0. The topological polar surface area (TPSA) is 38.7 Å². The second-order valence-electron chi connectivity index (χ2n) is 1.20. The Balaban J connectivity index is 0. The second kappa shape index (κ2) is 7.88. The van der Waals surface area contributed by atoms with Crippen LogP contribution in [-0.2, 0) is 9.63 Å². The van der Waals surface area contributed by atoms with E-state index in [1.165, 1.54) is 6.92 Å². The lowest BCUT2D eigenvalue weighted by molar-refractivity contribution is -0.116. The fraction of sp³-hybridized carbons (Fsp3) is 0.429. The Kier molecular flexibility index (Phi) is 9.18. The van der Waals surface area contributed by atoms with Gasteiger partial charge in [-0.05, 0) is 6.58 Å². The van der Waals surface area contributed by atoms with Crippen LogP contribution < -0.4 is 0 Å². The number of carbonyl (C=O) groups excluding carboxylic acids is 1. The van der Waals surface area contributed by atoms with E-state index in [0.29, 0.717) is 0 Å². The van der Waals surface area contributed by atoms with Crippen LogP contribution in [0.3, 0.4) is 0 Å². The van der Waals surface area contributed by atoms with Gasteiger partial charge in [-0.25, -0.2) is 0 Å². The fourth-order valence-electron chi connectivity index (χ4n) is 0.142. The summed E-state index contributed by atoms with van der Waals surface area (Å²) in [7, 11) is 0. The molecule has 0 aliphatic heterocycles. The van der Waals surface area contributed by atoms with Gasteiger partial charge in [0.15, 0.2) is 11.5 Å². The van der Waals surface area contributed by atoms with Gasteiger partial charge in [0.05, 0.1) is 0 Å². The number of hydrogen-bond donors (Lipinski definition) is 0. The average molecular weight is 143 g/mol. The first kappa shape index (κ1) is 11.6. The van der Waals surface area contributed by atoms with E-state index in [-0.39, 0.29) is 11.5 Å². The number of nitrogens with zero attached hydrogens (tertiary/aromatic N) is 1. The number of rotatable bonds is 3. The SMILES string of the molecule is C=NOC(=C)C(C)=O.CC. The van der Waals surface area contributed by atoms with Crippen LogP contribution in [0.15, 0.2) is 17.5 Å². The number of Topliss-reactive ketones (excluding diaryl/α,β-unsaturated/α-hetero) is 1. The van der Waals surface area contributed by atoms with Crippen LogP contribution in [0, 0.1) is 0 Å². The number of ketones is 1. The minimum absolute atomic E-state index is 0.0139. The van der Waals surface area contributed by atoms with Crippen LogP contribution in [-0.4, -0.2) is 12.5 Å². The standard InChI is InChI=1S/C5H7NO2.C2H6/c1-4(7)5(2)8-6-3;1-2/h2-3H2,1H3;1-2H3. The quantitative estimate of drug-likeness (QED) is 0.261. The van der Waals surface area contributed by atoms with Crippen LogP contribution in [0.2, 0.25) is 0 Å². The molecule has 0 bridgehead atoms. The molecule has 3 nitrogen and oxygen atoms in total. The molecule has 0 saturated carbocycles. The predicted octanol–water partition coefficient (Wildman–Crippen LogP) is 1.75. The van der Waals surface area contributed by atoms with Crippen LogP contribution in [0.1, 0.15) is 20.8 Å². The van der Waals surface area contributed by atoms with E-state index in [0.717, 1.165) is 0 Å². The van der Waals surface area contributed by atoms with Gasteiger partial charge in [-0.15, -0.1) is 0 Å². The van der Waals surface area contributed by atoms with Crippen molar-refractivity contribution in [3.8, 4) is 0 Å². The third kappa shape index (κ3) is 6.88. The number of allylic oxidation sites excluding steroid dienone is 1. The first-order chi connectivity index (χ1) is 4.68. The van der Waals surface area contributed by atoms with Gasteiger partial charge in [-0.3, -0.25) is 4.79 Å². The van der Waals surface area contributed by atoms with Gasteiger partial charge >= 0.3 is 0 Å². The normalized spacial score (nSPS) is 6.70. The number of hydrogen-bond acceptors (Lipinski definition) is 3. The maximum atomic E-state index is 10.2. The molecule has 0 N–H and O–H groups in total. The zero-order valence-corrected chi connectivity index (χ0v) is 6.68. The Bertz CT molecular complexity index is 130. The predicted molar refractivity (Wildman–Crippen MR) is 41.8 cm³/mol. The lowest BCUT2D eigenvalue weighted by atomic mass is 10.4. The molecule has 0 rings (SSSR count). The summed E-state index contributed by atoms with van der Waals surface area (Å²) in [6, 6.07) is 0. The average Bonchev–Trinajstić information content (AvgIpc) is 1.93. The van der Waals surface area contributed by atoms with Crippen molar-refractivity contribution in [2.24, 2.45) is 5.16 Å². The van der Waals surface area contributed by atoms with Crippen molar-refractivity contribution in [1.29, 1.82) is 0 Å². The number of carbonyl (C=O) groups is 1. The van der Waals surface area contributed by atoms with Crippen LogP contribution >= 0.6 is 0 Å². The molecule has 0 aromatic carbocycles. The summed E-state index contributed by atoms with van der Waals surface area (Å²) < 4.78 is 0. The van der Waals surface area contributed by atoms with Crippen molar-refractivity contribution in [3.63, 3.8) is 0 Å². The summed E-state index contributed by atoms with van der Waals surface area (Å²) in [5.41, 5.74) is 0. The van der Waals surface area contributed by atoms with E-state index in [9.17, 15) is 4.79 Å². The Morgan fingerprint density at radius 2 is 1.90 bits per heavy atom. The Labute approximate surface area is 61.4 Å². The molecule has 3 heteroatoms. The highest BCUT2D eigenvalue weighted by atomic mass is 16.6. The fourth-order valence-corrected chi connectivity index (χ4v) is 0.142. The second-order valence-corrected chi connectivity index (χ2v) is 1.20. The molecule has 0 heterocycles. The van der Waals surface area contributed by atoms with E-state index in [2.05, 4.69) is 23.3 Å². The molecule has 0 unspecified atom stereocenters. The van der Waals surface area contributed by atoms with Crippen LogP contribution in [0.25, 0.3) is 0 Å². The molecule has 0 saturated heterocycles. The molecule has 0 aromatic rings. The highest BCUT2D eigenvalue weighted by molar-refractivity contribution is 5.90. The van der Waals surface area contributed by atoms with E-state index in [1.807, 2.05) is 13.8 Å². The Morgan fingerprint density at radius 1 is 1.50 bits per heavy atom. The molecule has 0 atom stereocenters. The highest BCUT2D eigenvalue weighted by Crippen LogP contribution is 1.92. The van der Waals surface area contributed by atoms with Gasteiger partial charge in [0.25, 0.3) is 0 Å². The third-order valence-corrected chi connectivity index (χ3v) is 0.567. The van der Waals surface area contributed by atoms with Gasteiger partial charge in [0.1, 0.15) is 0 Å². The zero-order chi connectivity index (χ0) is 8.57. The van der Waals surface area contributed by atoms with Gasteiger partial charge < -0.3 is 4.84 Å². The Hall–Kier alpha value is -1.12.